The van der Waals surface area contributed by atoms with Crippen LogP contribution in [-0.4, -0.2) is 4.57 Å². The van der Waals surface area contributed by atoms with E-state index in [0.717, 1.165) is 58.8 Å². The lowest BCUT2D eigenvalue weighted by atomic mass is 10.0. The van der Waals surface area contributed by atoms with Crippen LogP contribution in [0.25, 0.3) is 83.8 Å². The Morgan fingerprint density at radius 1 is 0.581 bits per heavy atom. The molecule has 6 aromatic carbocycles. The van der Waals surface area contributed by atoms with Crippen LogP contribution in [0.5, 0.6) is 0 Å². The van der Waals surface area contributed by atoms with E-state index in [4.69, 9.17) is 6.57 Å². The smallest absolute Gasteiger partial charge is 0.205 e. The van der Waals surface area contributed by atoms with Crippen molar-refractivity contribution in [3.8, 4) is 22.9 Å². The van der Waals surface area contributed by atoms with Crippen molar-refractivity contribution < 1.29 is 0 Å². The standard InChI is InChI=1S/C38H19N3S2/c1-40-31-19-24(23-14-15-27-26-8-3-5-12-35(26)42-36(27)20-23)18-30-28-9-6-11-34(38(28)43-37(30)31)41-32-10-4-2-7-25(32)29-17-22(21-39)13-16-33(29)41/h2-20H. The van der Waals surface area contributed by atoms with E-state index < -0.39 is 0 Å². The zero-order valence-corrected chi connectivity index (χ0v) is 24.3. The third-order valence-electron chi connectivity index (χ3n) is 8.43. The van der Waals surface area contributed by atoms with Crippen molar-refractivity contribution in [3.63, 3.8) is 0 Å². The molecule has 0 spiro atoms. The highest BCUT2D eigenvalue weighted by atomic mass is 32.1. The van der Waals surface area contributed by atoms with Crippen molar-refractivity contribution in [2.75, 3.05) is 0 Å². The molecule has 0 aliphatic heterocycles. The van der Waals surface area contributed by atoms with E-state index in [2.05, 4.69) is 100 Å². The Bertz CT molecular complexity index is 2710. The fourth-order valence-corrected chi connectivity index (χ4v) is 8.89. The van der Waals surface area contributed by atoms with Crippen molar-refractivity contribution in [2.24, 2.45) is 0 Å². The minimum absolute atomic E-state index is 0.651. The van der Waals surface area contributed by atoms with Crippen LogP contribution in [0.2, 0.25) is 0 Å². The quantitative estimate of drug-likeness (QED) is 0.187. The molecule has 0 N–H and O–H groups in total. The molecule has 0 amide bonds. The number of thiophene rings is 2. The summed E-state index contributed by atoms with van der Waals surface area (Å²) < 4.78 is 7.00. The molecule has 0 radical (unpaired) electrons. The third-order valence-corrected chi connectivity index (χ3v) is 10.8. The zero-order chi connectivity index (χ0) is 28.7. The Kier molecular flexibility index (Phi) is 5.07. The van der Waals surface area contributed by atoms with Gasteiger partial charge in [0.25, 0.3) is 0 Å². The zero-order valence-electron chi connectivity index (χ0n) is 22.6. The summed E-state index contributed by atoms with van der Waals surface area (Å²) in [4.78, 5) is 4.01. The molecule has 3 heterocycles. The van der Waals surface area contributed by atoms with Crippen LogP contribution in [0, 0.1) is 17.9 Å². The monoisotopic (exact) mass is 581 g/mol. The Morgan fingerprint density at radius 2 is 1.37 bits per heavy atom. The first-order valence-corrected chi connectivity index (χ1v) is 15.6. The van der Waals surface area contributed by atoms with Crippen LogP contribution in [-0.2, 0) is 0 Å². The van der Waals surface area contributed by atoms with E-state index in [1.807, 2.05) is 41.7 Å². The number of rotatable bonds is 2. The third kappa shape index (κ3) is 3.44. The van der Waals surface area contributed by atoms with Gasteiger partial charge in [-0.2, -0.15) is 5.26 Å². The first-order chi connectivity index (χ1) is 21.2. The second-order valence-electron chi connectivity index (χ2n) is 10.7. The summed E-state index contributed by atoms with van der Waals surface area (Å²) in [6, 6.07) is 42.5. The minimum Gasteiger partial charge on any atom is -0.308 e. The van der Waals surface area contributed by atoms with Crippen molar-refractivity contribution in [1.82, 2.24) is 4.57 Å². The first-order valence-electron chi connectivity index (χ1n) is 13.9. The number of benzene rings is 6. The summed E-state index contributed by atoms with van der Waals surface area (Å²) in [7, 11) is 0. The number of fused-ring (bicyclic) bond motifs is 9. The highest BCUT2D eigenvalue weighted by Crippen LogP contribution is 2.46. The largest absolute Gasteiger partial charge is 0.308 e. The van der Waals surface area contributed by atoms with Gasteiger partial charge in [-0.15, -0.1) is 22.7 Å². The number of nitrogens with zero attached hydrogens (tertiary/aromatic N) is 3. The molecule has 9 rings (SSSR count). The minimum atomic E-state index is 0.651. The second-order valence-corrected chi connectivity index (χ2v) is 12.8. The fraction of sp³-hybridized carbons (Fsp3) is 0. The van der Waals surface area contributed by atoms with E-state index in [0.29, 0.717) is 11.3 Å². The molecule has 0 unspecified atom stereocenters. The first kappa shape index (κ1) is 24.2. The van der Waals surface area contributed by atoms with E-state index in [1.54, 1.807) is 11.3 Å². The normalized spacial score (nSPS) is 11.7. The maximum absolute atomic E-state index is 9.58. The highest BCUT2D eigenvalue weighted by molar-refractivity contribution is 7.27. The van der Waals surface area contributed by atoms with E-state index in [-0.39, 0.29) is 0 Å². The molecule has 0 atom stereocenters. The van der Waals surface area contributed by atoms with Crippen LogP contribution >= 0.6 is 22.7 Å². The lowest BCUT2D eigenvalue weighted by Crippen LogP contribution is -1.93. The Balaban J connectivity index is 1.30. The van der Waals surface area contributed by atoms with Gasteiger partial charge in [0, 0.05) is 41.0 Å². The fourth-order valence-electron chi connectivity index (χ4n) is 6.50. The summed E-state index contributed by atoms with van der Waals surface area (Å²) in [6.07, 6.45) is 0. The molecule has 0 aliphatic carbocycles. The average Bonchev–Trinajstić information content (AvgIpc) is 3.73. The van der Waals surface area contributed by atoms with Gasteiger partial charge in [0.1, 0.15) is 0 Å². The second kappa shape index (κ2) is 9.02. The van der Waals surface area contributed by atoms with Crippen molar-refractivity contribution in [3.05, 3.63) is 132 Å². The topological polar surface area (TPSA) is 33.1 Å². The van der Waals surface area contributed by atoms with E-state index in [9.17, 15) is 5.26 Å². The molecule has 0 bridgehead atoms. The van der Waals surface area contributed by atoms with E-state index in [1.165, 1.54) is 20.2 Å². The molecular weight excluding hydrogens is 563 g/mol. The molecule has 9 aromatic rings. The lowest BCUT2D eigenvalue weighted by molar-refractivity contribution is 1.20. The van der Waals surface area contributed by atoms with Crippen molar-refractivity contribution in [2.45, 2.75) is 0 Å². The molecule has 0 saturated heterocycles. The van der Waals surface area contributed by atoms with Crippen LogP contribution < -0.4 is 0 Å². The van der Waals surface area contributed by atoms with Gasteiger partial charge >= 0.3 is 0 Å². The Morgan fingerprint density at radius 3 is 2.26 bits per heavy atom. The van der Waals surface area contributed by atoms with Gasteiger partial charge < -0.3 is 4.57 Å². The lowest BCUT2D eigenvalue weighted by Gasteiger charge is -2.09. The van der Waals surface area contributed by atoms with Crippen molar-refractivity contribution in [1.29, 1.82) is 5.26 Å². The molecular formula is C38H19N3S2. The van der Waals surface area contributed by atoms with Gasteiger partial charge in [0.15, 0.2) is 0 Å². The van der Waals surface area contributed by atoms with Gasteiger partial charge in [0.2, 0.25) is 5.69 Å². The summed E-state index contributed by atoms with van der Waals surface area (Å²) in [5, 5.41) is 16.6. The molecule has 3 aromatic heterocycles. The summed E-state index contributed by atoms with van der Waals surface area (Å²) >= 11 is 3.50. The Hall–Kier alpha value is -5.46. The van der Waals surface area contributed by atoms with Gasteiger partial charge in [0.05, 0.1) is 39.6 Å². The SMILES string of the molecule is [C-]#[N+]c1cc(-c2ccc3c(c2)sc2ccccc23)cc2c1sc1c(-n3c4ccccc4c4cc(C#N)ccc43)cccc12. The Labute approximate surface area is 254 Å². The van der Waals surface area contributed by atoms with Crippen LogP contribution in [0.4, 0.5) is 5.69 Å². The summed E-state index contributed by atoms with van der Waals surface area (Å²) in [5.74, 6) is 0. The van der Waals surface area contributed by atoms with Gasteiger partial charge in [-0.25, -0.2) is 4.85 Å². The maximum atomic E-state index is 9.58. The predicted molar refractivity (Wildman–Crippen MR) is 183 cm³/mol. The van der Waals surface area contributed by atoms with Crippen molar-refractivity contribution >= 4 is 90.5 Å². The van der Waals surface area contributed by atoms with Gasteiger partial charge in [-0.3, -0.25) is 0 Å². The number of aromatic nitrogens is 1. The molecule has 0 aliphatic rings. The molecule has 0 fully saturated rings. The molecule has 198 valence electrons. The number of para-hydroxylation sites is 1. The molecule has 3 nitrogen and oxygen atoms in total. The average molecular weight is 582 g/mol. The predicted octanol–water partition coefficient (Wildman–Crippen LogP) is 11.6. The van der Waals surface area contributed by atoms with Gasteiger partial charge in [-0.1, -0.05) is 60.7 Å². The molecule has 43 heavy (non-hydrogen) atoms. The maximum Gasteiger partial charge on any atom is 0.205 e. The van der Waals surface area contributed by atoms with Gasteiger partial charge in [-0.05, 0) is 71.1 Å². The number of nitriles is 1. The summed E-state index contributed by atoms with van der Waals surface area (Å²) in [5.41, 5.74) is 6.75. The molecule has 0 saturated carbocycles. The van der Waals surface area contributed by atoms with Crippen LogP contribution in [0.15, 0.2) is 115 Å². The van der Waals surface area contributed by atoms with Crippen LogP contribution in [0.3, 0.4) is 0 Å². The molecule has 5 heteroatoms. The number of hydrogen-bond donors (Lipinski definition) is 0. The highest BCUT2D eigenvalue weighted by Gasteiger charge is 2.19. The number of hydrogen-bond acceptors (Lipinski definition) is 3. The summed E-state index contributed by atoms with van der Waals surface area (Å²) in [6.45, 7) is 8.11. The van der Waals surface area contributed by atoms with Crippen LogP contribution in [0.1, 0.15) is 5.56 Å². The van der Waals surface area contributed by atoms with E-state index >= 15 is 0 Å².